The Morgan fingerprint density at radius 2 is 2.12 bits per heavy atom. The second-order valence-corrected chi connectivity index (χ2v) is 5.72. The Morgan fingerprint density at radius 3 is 2.65 bits per heavy atom. The zero-order chi connectivity index (χ0) is 12.7. The minimum absolute atomic E-state index is 0.353. The summed E-state index contributed by atoms with van der Waals surface area (Å²) in [5.41, 5.74) is -0.384. The molecule has 3 nitrogen and oxygen atoms in total. The summed E-state index contributed by atoms with van der Waals surface area (Å²) in [6.45, 7) is 7.93. The molecule has 1 fully saturated rings. The molecule has 3 heteroatoms. The van der Waals surface area contributed by atoms with E-state index in [0.29, 0.717) is 6.04 Å². The van der Waals surface area contributed by atoms with Gasteiger partial charge in [-0.15, -0.1) is 0 Å². The molecule has 0 bridgehead atoms. The smallest absolute Gasteiger partial charge is 0.104 e. The number of unbranched alkanes of at least 4 members (excludes halogenated alkanes) is 1. The summed E-state index contributed by atoms with van der Waals surface area (Å²) in [6, 6.07) is 2.73. The van der Waals surface area contributed by atoms with Crippen LogP contribution in [0.1, 0.15) is 52.9 Å². The number of nitrogens with one attached hydrogen (secondary N) is 1. The Labute approximate surface area is 106 Å². The number of ether oxygens (including phenoxy) is 1. The SMILES string of the molecule is CC(C)NC(C)(C#N)CCCCOCC1CC1. The Morgan fingerprint density at radius 1 is 1.41 bits per heavy atom. The number of rotatable bonds is 9. The van der Waals surface area contributed by atoms with Crippen LogP contribution in [0.2, 0.25) is 0 Å². The van der Waals surface area contributed by atoms with Crippen LogP contribution in [-0.2, 0) is 4.74 Å². The van der Waals surface area contributed by atoms with Crippen molar-refractivity contribution in [1.29, 1.82) is 5.26 Å². The van der Waals surface area contributed by atoms with E-state index in [0.717, 1.165) is 38.4 Å². The van der Waals surface area contributed by atoms with Gasteiger partial charge in [0.15, 0.2) is 0 Å². The fourth-order valence-corrected chi connectivity index (χ4v) is 2.01. The van der Waals surface area contributed by atoms with Crippen LogP contribution in [0.3, 0.4) is 0 Å². The highest BCUT2D eigenvalue weighted by molar-refractivity contribution is 5.04. The van der Waals surface area contributed by atoms with Gasteiger partial charge in [0.25, 0.3) is 0 Å². The molecule has 1 saturated carbocycles. The van der Waals surface area contributed by atoms with E-state index < -0.39 is 0 Å². The summed E-state index contributed by atoms with van der Waals surface area (Å²) in [4.78, 5) is 0. The molecule has 0 aromatic rings. The summed E-state index contributed by atoms with van der Waals surface area (Å²) in [5.74, 6) is 0.849. The molecule has 0 aromatic heterocycles. The normalized spacial score (nSPS) is 19.0. The molecule has 0 saturated heterocycles. The van der Waals surface area contributed by atoms with Crippen molar-refractivity contribution in [2.24, 2.45) is 5.92 Å². The molecule has 17 heavy (non-hydrogen) atoms. The van der Waals surface area contributed by atoms with Gasteiger partial charge < -0.3 is 4.74 Å². The van der Waals surface area contributed by atoms with E-state index in [9.17, 15) is 5.26 Å². The molecule has 0 radical (unpaired) electrons. The van der Waals surface area contributed by atoms with Crippen LogP contribution in [0.25, 0.3) is 0 Å². The highest BCUT2D eigenvalue weighted by Crippen LogP contribution is 2.28. The lowest BCUT2D eigenvalue weighted by molar-refractivity contribution is 0.119. The Kier molecular flexibility index (Phi) is 5.94. The largest absolute Gasteiger partial charge is 0.381 e. The molecular weight excluding hydrogens is 212 g/mol. The maximum absolute atomic E-state index is 9.17. The fraction of sp³-hybridized carbons (Fsp3) is 0.929. The molecule has 98 valence electrons. The summed E-state index contributed by atoms with van der Waals surface area (Å²) in [7, 11) is 0. The summed E-state index contributed by atoms with van der Waals surface area (Å²) >= 11 is 0. The van der Waals surface area contributed by atoms with E-state index in [2.05, 4.69) is 25.2 Å². The lowest BCUT2D eigenvalue weighted by Gasteiger charge is -2.25. The van der Waals surface area contributed by atoms with Crippen LogP contribution in [0.15, 0.2) is 0 Å². The third-order valence-corrected chi connectivity index (χ3v) is 3.12. The summed E-state index contributed by atoms with van der Waals surface area (Å²) < 4.78 is 5.58. The van der Waals surface area contributed by atoms with Crippen molar-refractivity contribution in [3.8, 4) is 6.07 Å². The van der Waals surface area contributed by atoms with Gasteiger partial charge in [0.2, 0.25) is 0 Å². The highest BCUT2D eigenvalue weighted by Gasteiger charge is 2.23. The molecule has 1 aliphatic rings. The average Bonchev–Trinajstić information content (AvgIpc) is 3.06. The van der Waals surface area contributed by atoms with Gasteiger partial charge in [-0.25, -0.2) is 0 Å². The highest BCUT2D eigenvalue weighted by atomic mass is 16.5. The molecule has 0 amide bonds. The van der Waals surface area contributed by atoms with Crippen LogP contribution >= 0.6 is 0 Å². The van der Waals surface area contributed by atoms with Gasteiger partial charge >= 0.3 is 0 Å². The fourth-order valence-electron chi connectivity index (χ4n) is 2.01. The molecule has 1 N–H and O–H groups in total. The Hall–Kier alpha value is -0.590. The monoisotopic (exact) mass is 238 g/mol. The van der Waals surface area contributed by atoms with Crippen molar-refractivity contribution in [1.82, 2.24) is 5.32 Å². The molecular formula is C14H26N2O. The average molecular weight is 238 g/mol. The van der Waals surface area contributed by atoms with Crippen molar-refractivity contribution < 1.29 is 4.74 Å². The van der Waals surface area contributed by atoms with Crippen LogP contribution < -0.4 is 5.32 Å². The topological polar surface area (TPSA) is 45.0 Å². The van der Waals surface area contributed by atoms with Crippen molar-refractivity contribution in [2.45, 2.75) is 64.5 Å². The standard InChI is InChI=1S/C14H26N2O/c1-12(2)16-14(3,11-15)8-4-5-9-17-10-13-6-7-13/h12-13,16H,4-10H2,1-3H3. The van der Waals surface area contributed by atoms with Gasteiger partial charge in [0, 0.05) is 19.3 Å². The zero-order valence-corrected chi connectivity index (χ0v) is 11.5. The Balaban J connectivity index is 2.03. The quantitative estimate of drug-likeness (QED) is 0.628. The van der Waals surface area contributed by atoms with Gasteiger partial charge in [0.05, 0.1) is 6.07 Å². The predicted octanol–water partition coefficient (Wildman–Crippen LogP) is 2.86. The third-order valence-electron chi connectivity index (χ3n) is 3.12. The predicted molar refractivity (Wildman–Crippen MR) is 69.7 cm³/mol. The summed E-state index contributed by atoms with van der Waals surface area (Å²) in [5, 5.41) is 12.5. The maximum atomic E-state index is 9.17. The second kappa shape index (κ2) is 6.98. The zero-order valence-electron chi connectivity index (χ0n) is 11.5. The molecule has 1 aliphatic carbocycles. The maximum Gasteiger partial charge on any atom is 0.104 e. The molecule has 1 rings (SSSR count). The second-order valence-electron chi connectivity index (χ2n) is 5.72. The van der Waals surface area contributed by atoms with Crippen LogP contribution in [0.5, 0.6) is 0 Å². The van der Waals surface area contributed by atoms with Gasteiger partial charge in [-0.05, 0) is 58.8 Å². The van der Waals surface area contributed by atoms with Crippen molar-refractivity contribution in [2.75, 3.05) is 13.2 Å². The number of hydrogen-bond donors (Lipinski definition) is 1. The molecule has 0 heterocycles. The molecule has 1 unspecified atom stereocenters. The van der Waals surface area contributed by atoms with Crippen molar-refractivity contribution in [3.63, 3.8) is 0 Å². The van der Waals surface area contributed by atoms with E-state index in [1.807, 2.05) is 6.92 Å². The van der Waals surface area contributed by atoms with E-state index in [1.165, 1.54) is 12.8 Å². The minimum atomic E-state index is -0.384. The molecule has 0 aliphatic heterocycles. The van der Waals surface area contributed by atoms with Crippen LogP contribution in [0, 0.1) is 17.2 Å². The van der Waals surface area contributed by atoms with Gasteiger partial charge in [-0.1, -0.05) is 0 Å². The van der Waals surface area contributed by atoms with E-state index in [1.54, 1.807) is 0 Å². The van der Waals surface area contributed by atoms with Gasteiger partial charge in [-0.2, -0.15) is 5.26 Å². The van der Waals surface area contributed by atoms with Gasteiger partial charge in [-0.3, -0.25) is 5.32 Å². The first-order valence-electron chi connectivity index (χ1n) is 6.82. The minimum Gasteiger partial charge on any atom is -0.381 e. The Bertz CT molecular complexity index is 255. The lowest BCUT2D eigenvalue weighted by atomic mass is 9.96. The lowest BCUT2D eigenvalue weighted by Crippen LogP contribution is -2.44. The summed E-state index contributed by atoms with van der Waals surface area (Å²) in [6.07, 6.45) is 5.71. The van der Waals surface area contributed by atoms with Gasteiger partial charge in [0.1, 0.15) is 5.54 Å². The van der Waals surface area contributed by atoms with Crippen molar-refractivity contribution in [3.05, 3.63) is 0 Å². The van der Waals surface area contributed by atoms with Crippen LogP contribution in [0.4, 0.5) is 0 Å². The number of nitrogens with zero attached hydrogens (tertiary/aromatic N) is 1. The number of nitriles is 1. The van der Waals surface area contributed by atoms with Crippen LogP contribution in [-0.4, -0.2) is 24.8 Å². The van der Waals surface area contributed by atoms with E-state index in [-0.39, 0.29) is 5.54 Å². The first kappa shape index (κ1) is 14.5. The molecule has 0 aromatic carbocycles. The van der Waals surface area contributed by atoms with Crippen molar-refractivity contribution >= 4 is 0 Å². The molecule has 0 spiro atoms. The first-order chi connectivity index (χ1) is 8.06. The number of hydrogen-bond acceptors (Lipinski definition) is 3. The van der Waals surface area contributed by atoms with E-state index >= 15 is 0 Å². The first-order valence-corrected chi connectivity index (χ1v) is 6.82. The molecule has 1 atom stereocenters. The van der Waals surface area contributed by atoms with E-state index in [4.69, 9.17) is 4.74 Å². The third kappa shape index (κ3) is 6.65.